The van der Waals surface area contributed by atoms with Crippen LogP contribution in [0.25, 0.3) is 11.5 Å². The highest BCUT2D eigenvalue weighted by Gasteiger charge is 2.06. The highest BCUT2D eigenvalue weighted by Crippen LogP contribution is 2.18. The molecule has 0 spiro atoms. The lowest BCUT2D eigenvalue weighted by molar-refractivity contribution is 0.191. The summed E-state index contributed by atoms with van der Waals surface area (Å²) in [7, 11) is 0. The highest BCUT2D eigenvalue weighted by atomic mass is 16.3. The molecular weight excluding hydrogens is 228 g/mol. The number of hydrogen-bond acceptors (Lipinski definition) is 4. The van der Waals surface area contributed by atoms with Crippen LogP contribution in [0.5, 0.6) is 0 Å². The molecule has 0 saturated heterocycles. The number of nitrogens with one attached hydrogen (secondary N) is 1. The lowest BCUT2D eigenvalue weighted by Gasteiger charge is -2.03. The molecule has 1 atom stereocenters. The first-order valence-electron chi connectivity index (χ1n) is 6.05. The summed E-state index contributed by atoms with van der Waals surface area (Å²) in [6.45, 7) is 4.94. The number of nitrogens with zero attached hydrogens (tertiary/aromatic N) is 1. The van der Waals surface area contributed by atoms with Crippen LogP contribution < -0.4 is 5.32 Å². The molecule has 4 nitrogen and oxygen atoms in total. The monoisotopic (exact) mass is 246 g/mol. The molecule has 2 N–H and O–H groups in total. The minimum Gasteiger partial charge on any atom is -0.444 e. The summed E-state index contributed by atoms with van der Waals surface area (Å²) in [5, 5.41) is 12.2. The van der Waals surface area contributed by atoms with Gasteiger partial charge in [0.2, 0.25) is 5.89 Å². The SMILES string of the molecule is Cc1ccc(-c2nc(CNCC(C)O)co2)cc1. The fraction of sp³-hybridized carbons (Fsp3) is 0.357. The van der Waals surface area contributed by atoms with Gasteiger partial charge in [0.1, 0.15) is 6.26 Å². The molecule has 96 valence electrons. The summed E-state index contributed by atoms with van der Waals surface area (Å²) < 4.78 is 5.43. The topological polar surface area (TPSA) is 58.3 Å². The van der Waals surface area contributed by atoms with Crippen molar-refractivity contribution in [1.82, 2.24) is 10.3 Å². The van der Waals surface area contributed by atoms with Crippen molar-refractivity contribution in [3.63, 3.8) is 0 Å². The van der Waals surface area contributed by atoms with Crippen LogP contribution in [0.2, 0.25) is 0 Å². The molecule has 18 heavy (non-hydrogen) atoms. The Balaban J connectivity index is 1.99. The Morgan fingerprint density at radius 3 is 2.72 bits per heavy atom. The van der Waals surface area contributed by atoms with Gasteiger partial charge in [-0.3, -0.25) is 0 Å². The van der Waals surface area contributed by atoms with Crippen LogP contribution in [0.3, 0.4) is 0 Å². The van der Waals surface area contributed by atoms with Gasteiger partial charge in [-0.05, 0) is 26.0 Å². The minimum atomic E-state index is -0.353. The molecule has 0 aliphatic heterocycles. The van der Waals surface area contributed by atoms with Crippen molar-refractivity contribution in [2.75, 3.05) is 6.54 Å². The van der Waals surface area contributed by atoms with Crippen molar-refractivity contribution < 1.29 is 9.52 Å². The van der Waals surface area contributed by atoms with Gasteiger partial charge in [-0.25, -0.2) is 4.98 Å². The van der Waals surface area contributed by atoms with Crippen molar-refractivity contribution >= 4 is 0 Å². The van der Waals surface area contributed by atoms with E-state index in [1.54, 1.807) is 13.2 Å². The molecule has 0 amide bonds. The first-order chi connectivity index (χ1) is 8.65. The van der Waals surface area contributed by atoms with Gasteiger partial charge in [-0.1, -0.05) is 17.7 Å². The Morgan fingerprint density at radius 1 is 1.33 bits per heavy atom. The Morgan fingerprint density at radius 2 is 2.06 bits per heavy atom. The average molecular weight is 246 g/mol. The Hall–Kier alpha value is -1.65. The van der Waals surface area contributed by atoms with Gasteiger partial charge in [-0.2, -0.15) is 0 Å². The molecule has 0 aliphatic carbocycles. The number of aryl methyl sites for hydroxylation is 1. The van der Waals surface area contributed by atoms with Crippen molar-refractivity contribution in [2.24, 2.45) is 0 Å². The number of aliphatic hydroxyl groups is 1. The summed E-state index contributed by atoms with van der Waals surface area (Å²) in [5.74, 6) is 0.629. The van der Waals surface area contributed by atoms with Gasteiger partial charge < -0.3 is 14.8 Å². The van der Waals surface area contributed by atoms with Crippen molar-refractivity contribution in [3.8, 4) is 11.5 Å². The molecule has 0 aliphatic rings. The molecule has 1 aromatic carbocycles. The van der Waals surface area contributed by atoms with Crippen LogP contribution in [-0.4, -0.2) is 22.7 Å². The molecule has 0 bridgehead atoms. The van der Waals surface area contributed by atoms with E-state index in [1.165, 1.54) is 5.56 Å². The number of hydrogen-bond donors (Lipinski definition) is 2. The van der Waals surface area contributed by atoms with Gasteiger partial charge in [0.15, 0.2) is 0 Å². The van der Waals surface area contributed by atoms with Crippen molar-refractivity contribution in [3.05, 3.63) is 41.8 Å². The number of aromatic nitrogens is 1. The van der Waals surface area contributed by atoms with Crippen LogP contribution in [0.4, 0.5) is 0 Å². The van der Waals surface area contributed by atoms with E-state index < -0.39 is 0 Å². The van der Waals surface area contributed by atoms with Gasteiger partial charge >= 0.3 is 0 Å². The van der Waals surface area contributed by atoms with Crippen LogP contribution in [0.15, 0.2) is 34.9 Å². The fourth-order valence-electron chi connectivity index (χ4n) is 1.63. The van der Waals surface area contributed by atoms with E-state index in [9.17, 15) is 0 Å². The lowest BCUT2D eigenvalue weighted by Crippen LogP contribution is -2.23. The van der Waals surface area contributed by atoms with Crippen LogP contribution >= 0.6 is 0 Å². The molecule has 0 fully saturated rings. The second-order valence-electron chi connectivity index (χ2n) is 4.49. The van der Waals surface area contributed by atoms with Gasteiger partial charge in [0.05, 0.1) is 11.8 Å². The molecular formula is C14H18N2O2. The first-order valence-corrected chi connectivity index (χ1v) is 6.05. The molecule has 1 unspecified atom stereocenters. The molecule has 0 saturated carbocycles. The summed E-state index contributed by atoms with van der Waals surface area (Å²) in [4.78, 5) is 4.40. The maximum Gasteiger partial charge on any atom is 0.226 e. The maximum atomic E-state index is 9.13. The Labute approximate surface area is 107 Å². The average Bonchev–Trinajstić information content (AvgIpc) is 2.78. The molecule has 4 heteroatoms. The standard InChI is InChI=1S/C14H18N2O2/c1-10-3-5-12(6-4-10)14-16-13(9-18-14)8-15-7-11(2)17/h3-6,9,11,15,17H,7-8H2,1-2H3. The van der Waals surface area contributed by atoms with E-state index in [1.807, 2.05) is 31.2 Å². The first kappa shape index (κ1) is 12.8. The Kier molecular flexibility index (Phi) is 4.12. The zero-order valence-corrected chi connectivity index (χ0v) is 10.7. The van der Waals surface area contributed by atoms with Gasteiger partial charge in [-0.15, -0.1) is 0 Å². The van der Waals surface area contributed by atoms with E-state index in [-0.39, 0.29) is 6.10 Å². The third kappa shape index (κ3) is 3.42. The van der Waals surface area contributed by atoms with E-state index >= 15 is 0 Å². The minimum absolute atomic E-state index is 0.353. The number of benzene rings is 1. The van der Waals surface area contributed by atoms with Crippen LogP contribution in [-0.2, 0) is 6.54 Å². The second kappa shape index (κ2) is 5.80. The van der Waals surface area contributed by atoms with Gasteiger partial charge in [0.25, 0.3) is 0 Å². The zero-order chi connectivity index (χ0) is 13.0. The quantitative estimate of drug-likeness (QED) is 0.848. The van der Waals surface area contributed by atoms with E-state index in [0.29, 0.717) is 19.0 Å². The van der Waals surface area contributed by atoms with E-state index in [2.05, 4.69) is 10.3 Å². The Bertz CT molecular complexity index is 489. The number of rotatable bonds is 5. The third-order valence-electron chi connectivity index (χ3n) is 2.60. The molecule has 1 aromatic heterocycles. The third-order valence-corrected chi connectivity index (χ3v) is 2.60. The molecule has 2 aromatic rings. The van der Waals surface area contributed by atoms with Crippen LogP contribution in [0.1, 0.15) is 18.2 Å². The number of oxazole rings is 1. The molecule has 0 radical (unpaired) electrons. The van der Waals surface area contributed by atoms with Crippen molar-refractivity contribution in [1.29, 1.82) is 0 Å². The smallest absolute Gasteiger partial charge is 0.226 e. The van der Waals surface area contributed by atoms with Crippen LogP contribution in [0, 0.1) is 6.92 Å². The maximum absolute atomic E-state index is 9.13. The summed E-state index contributed by atoms with van der Waals surface area (Å²) in [6, 6.07) is 8.05. The summed E-state index contributed by atoms with van der Waals surface area (Å²) in [5.41, 5.74) is 3.03. The summed E-state index contributed by atoms with van der Waals surface area (Å²) >= 11 is 0. The largest absolute Gasteiger partial charge is 0.444 e. The number of aliphatic hydroxyl groups excluding tert-OH is 1. The predicted molar refractivity (Wildman–Crippen MR) is 70.1 cm³/mol. The molecule has 1 heterocycles. The second-order valence-corrected chi connectivity index (χ2v) is 4.49. The van der Waals surface area contributed by atoms with E-state index in [4.69, 9.17) is 9.52 Å². The summed E-state index contributed by atoms with van der Waals surface area (Å²) in [6.07, 6.45) is 1.29. The van der Waals surface area contributed by atoms with Gasteiger partial charge in [0, 0.05) is 18.7 Å². The molecule has 2 rings (SSSR count). The van der Waals surface area contributed by atoms with E-state index in [0.717, 1.165) is 11.3 Å². The zero-order valence-electron chi connectivity index (χ0n) is 10.7. The van der Waals surface area contributed by atoms with Crippen molar-refractivity contribution in [2.45, 2.75) is 26.5 Å². The highest BCUT2D eigenvalue weighted by molar-refractivity contribution is 5.53. The lowest BCUT2D eigenvalue weighted by atomic mass is 10.1. The fourth-order valence-corrected chi connectivity index (χ4v) is 1.63. The predicted octanol–water partition coefficient (Wildman–Crippen LogP) is 2.12. The normalized spacial score (nSPS) is 12.6.